The van der Waals surface area contributed by atoms with Crippen LogP contribution >= 0.6 is 15.9 Å². The zero-order chi connectivity index (χ0) is 14.7. The molecule has 2 atom stereocenters. The van der Waals surface area contributed by atoms with Gasteiger partial charge in [-0.25, -0.2) is 0 Å². The van der Waals surface area contributed by atoms with Gasteiger partial charge in [-0.15, -0.1) is 0 Å². The van der Waals surface area contributed by atoms with E-state index in [0.717, 1.165) is 22.6 Å². The number of hydrogen-bond donors (Lipinski definition) is 2. The summed E-state index contributed by atoms with van der Waals surface area (Å²) in [5, 5.41) is 6.71. The van der Waals surface area contributed by atoms with Gasteiger partial charge in [0.05, 0.1) is 12.8 Å². The largest absolute Gasteiger partial charge is 0.467 e. The lowest BCUT2D eigenvalue weighted by Gasteiger charge is -2.11. The molecule has 0 aliphatic heterocycles. The maximum absolute atomic E-state index is 5.30. The molecule has 1 aliphatic rings. The first-order valence-electron chi connectivity index (χ1n) is 7.01. The molecule has 0 radical (unpaired) electrons. The Kier molecular flexibility index (Phi) is 4.29. The Morgan fingerprint density at radius 1 is 1.33 bits per heavy atom. The van der Waals surface area contributed by atoms with Crippen molar-refractivity contribution >= 4 is 21.9 Å². The van der Waals surface area contributed by atoms with Gasteiger partial charge in [0.2, 0.25) is 0 Å². The molecule has 2 aromatic rings. The van der Waals surface area contributed by atoms with Gasteiger partial charge in [0.25, 0.3) is 0 Å². The van der Waals surface area contributed by atoms with Crippen molar-refractivity contribution in [1.29, 1.82) is 0 Å². The summed E-state index contributed by atoms with van der Waals surface area (Å²) in [6.07, 6.45) is 2.82. The van der Waals surface area contributed by atoms with E-state index >= 15 is 0 Å². The van der Waals surface area contributed by atoms with Crippen LogP contribution in [0.25, 0.3) is 0 Å². The third-order valence-corrected chi connectivity index (χ3v) is 4.17. The predicted molar refractivity (Wildman–Crippen MR) is 87.3 cm³/mol. The maximum atomic E-state index is 5.30. The molecule has 0 spiro atoms. The van der Waals surface area contributed by atoms with Gasteiger partial charge in [-0.05, 0) is 36.2 Å². The van der Waals surface area contributed by atoms with Crippen LogP contribution in [0.1, 0.15) is 23.7 Å². The molecule has 1 fully saturated rings. The highest BCUT2D eigenvalue weighted by atomic mass is 79.9. The van der Waals surface area contributed by atoms with E-state index in [2.05, 4.69) is 55.8 Å². The standard InChI is InChI=1S/C16H18BrN3O/c1-18-16(19-10-13-3-2-8-21-13)20-15-9-14(15)11-4-6-12(17)7-5-11/h2-8,14-15H,9-10H2,1H3,(H2,18,19,20)/t14-,15+/m0/s1. The van der Waals surface area contributed by atoms with Crippen LogP contribution in [0.3, 0.4) is 0 Å². The second kappa shape index (κ2) is 6.35. The van der Waals surface area contributed by atoms with E-state index in [1.54, 1.807) is 13.3 Å². The highest BCUT2D eigenvalue weighted by Crippen LogP contribution is 2.40. The van der Waals surface area contributed by atoms with Gasteiger partial charge in [-0.1, -0.05) is 28.1 Å². The Balaban J connectivity index is 1.51. The quantitative estimate of drug-likeness (QED) is 0.659. The lowest BCUT2D eigenvalue weighted by Crippen LogP contribution is -2.38. The summed E-state index contributed by atoms with van der Waals surface area (Å²) in [6, 6.07) is 12.8. The topological polar surface area (TPSA) is 49.6 Å². The molecule has 1 saturated carbocycles. The summed E-state index contributed by atoms with van der Waals surface area (Å²) in [4.78, 5) is 4.26. The van der Waals surface area contributed by atoms with Crippen LogP contribution in [0, 0.1) is 0 Å². The molecule has 1 aromatic heterocycles. The molecule has 0 bridgehead atoms. The van der Waals surface area contributed by atoms with Crippen LogP contribution in [0.2, 0.25) is 0 Å². The van der Waals surface area contributed by atoms with Crippen molar-refractivity contribution in [2.24, 2.45) is 4.99 Å². The fourth-order valence-corrected chi connectivity index (χ4v) is 2.65. The average Bonchev–Trinajstić information content (AvgIpc) is 3.06. The minimum absolute atomic E-state index is 0.453. The monoisotopic (exact) mass is 347 g/mol. The van der Waals surface area contributed by atoms with Crippen molar-refractivity contribution in [3.05, 3.63) is 58.5 Å². The van der Waals surface area contributed by atoms with Crippen molar-refractivity contribution in [1.82, 2.24) is 10.6 Å². The molecule has 3 rings (SSSR count). The molecule has 1 aliphatic carbocycles. The number of furan rings is 1. The first kappa shape index (κ1) is 14.2. The third-order valence-electron chi connectivity index (χ3n) is 3.64. The lowest BCUT2D eigenvalue weighted by atomic mass is 10.1. The second-order valence-electron chi connectivity index (χ2n) is 5.15. The Bertz CT molecular complexity index is 607. The SMILES string of the molecule is CN=C(NCc1ccco1)N[C@@H]1C[C@H]1c1ccc(Br)cc1. The third kappa shape index (κ3) is 3.67. The van der Waals surface area contributed by atoms with Gasteiger partial charge < -0.3 is 15.1 Å². The van der Waals surface area contributed by atoms with Crippen LogP contribution in [0.5, 0.6) is 0 Å². The van der Waals surface area contributed by atoms with Gasteiger partial charge in [0, 0.05) is 23.5 Å². The normalized spacial score (nSPS) is 21.1. The van der Waals surface area contributed by atoms with Crippen LogP contribution < -0.4 is 10.6 Å². The van der Waals surface area contributed by atoms with Crippen molar-refractivity contribution in [3.63, 3.8) is 0 Å². The summed E-state index contributed by atoms with van der Waals surface area (Å²) in [6.45, 7) is 0.641. The predicted octanol–water partition coefficient (Wildman–Crippen LogP) is 3.26. The number of benzene rings is 1. The van der Waals surface area contributed by atoms with E-state index in [4.69, 9.17) is 4.42 Å². The summed E-state index contributed by atoms with van der Waals surface area (Å²) in [5.41, 5.74) is 1.37. The molecule has 1 heterocycles. The summed E-state index contributed by atoms with van der Waals surface area (Å²) in [7, 11) is 1.79. The molecule has 0 unspecified atom stereocenters. The molecule has 5 heteroatoms. The van der Waals surface area contributed by atoms with Crippen molar-refractivity contribution in [2.45, 2.75) is 24.9 Å². The van der Waals surface area contributed by atoms with Gasteiger partial charge in [0.15, 0.2) is 5.96 Å². The molecule has 21 heavy (non-hydrogen) atoms. The Labute approximate surface area is 132 Å². The Morgan fingerprint density at radius 3 is 2.81 bits per heavy atom. The second-order valence-corrected chi connectivity index (χ2v) is 6.07. The van der Waals surface area contributed by atoms with Gasteiger partial charge in [-0.2, -0.15) is 0 Å². The minimum atomic E-state index is 0.453. The van der Waals surface area contributed by atoms with E-state index in [9.17, 15) is 0 Å². The summed E-state index contributed by atoms with van der Waals surface area (Å²) in [5.74, 6) is 2.29. The number of rotatable bonds is 4. The molecule has 0 saturated heterocycles. The van der Waals surface area contributed by atoms with E-state index in [0.29, 0.717) is 18.5 Å². The number of guanidine groups is 1. The maximum Gasteiger partial charge on any atom is 0.191 e. The first-order valence-corrected chi connectivity index (χ1v) is 7.80. The first-order chi connectivity index (χ1) is 10.3. The average molecular weight is 348 g/mol. The van der Waals surface area contributed by atoms with E-state index < -0.39 is 0 Å². The van der Waals surface area contributed by atoms with Crippen LogP contribution in [0.15, 0.2) is 56.5 Å². The fourth-order valence-electron chi connectivity index (χ4n) is 2.39. The lowest BCUT2D eigenvalue weighted by molar-refractivity contribution is 0.501. The molecular weight excluding hydrogens is 330 g/mol. The smallest absolute Gasteiger partial charge is 0.191 e. The number of nitrogens with zero attached hydrogens (tertiary/aromatic N) is 1. The van der Waals surface area contributed by atoms with Crippen molar-refractivity contribution in [2.75, 3.05) is 7.05 Å². The number of halogens is 1. The Hall–Kier alpha value is -1.75. The number of hydrogen-bond acceptors (Lipinski definition) is 2. The highest BCUT2D eigenvalue weighted by Gasteiger charge is 2.38. The van der Waals surface area contributed by atoms with Crippen molar-refractivity contribution < 1.29 is 4.42 Å². The van der Waals surface area contributed by atoms with E-state index in [1.807, 2.05) is 12.1 Å². The number of aliphatic imine (C=N–C) groups is 1. The summed E-state index contributed by atoms with van der Waals surface area (Å²) < 4.78 is 6.42. The molecule has 1 aromatic carbocycles. The summed E-state index contributed by atoms with van der Waals surface area (Å²) >= 11 is 3.47. The van der Waals surface area contributed by atoms with E-state index in [1.165, 1.54) is 5.56 Å². The zero-order valence-electron chi connectivity index (χ0n) is 11.8. The fraction of sp³-hybridized carbons (Fsp3) is 0.312. The zero-order valence-corrected chi connectivity index (χ0v) is 13.4. The van der Waals surface area contributed by atoms with Gasteiger partial charge in [0.1, 0.15) is 5.76 Å². The van der Waals surface area contributed by atoms with Crippen molar-refractivity contribution in [3.8, 4) is 0 Å². The molecule has 0 amide bonds. The van der Waals surface area contributed by atoms with E-state index in [-0.39, 0.29) is 0 Å². The molecule has 4 nitrogen and oxygen atoms in total. The minimum Gasteiger partial charge on any atom is -0.467 e. The number of nitrogens with one attached hydrogen (secondary N) is 2. The molecule has 110 valence electrons. The van der Waals surface area contributed by atoms with Crippen LogP contribution in [-0.4, -0.2) is 19.0 Å². The van der Waals surface area contributed by atoms with Gasteiger partial charge in [-0.3, -0.25) is 4.99 Å². The Morgan fingerprint density at radius 2 is 2.14 bits per heavy atom. The van der Waals surface area contributed by atoms with Gasteiger partial charge >= 0.3 is 0 Å². The molecule has 2 N–H and O–H groups in total. The van der Waals surface area contributed by atoms with Crippen LogP contribution in [0.4, 0.5) is 0 Å². The highest BCUT2D eigenvalue weighted by molar-refractivity contribution is 9.10. The molecular formula is C16H18BrN3O. The van der Waals surface area contributed by atoms with Crippen LogP contribution in [-0.2, 0) is 6.54 Å².